The molecule has 5 nitrogen and oxygen atoms in total. The number of carbonyl (C=O) groups is 1. The first-order chi connectivity index (χ1) is 8.96. The van der Waals surface area contributed by atoms with E-state index in [2.05, 4.69) is 12.2 Å². The zero-order chi connectivity index (χ0) is 14.3. The number of nitrogens with one attached hydrogen (secondary N) is 1. The summed E-state index contributed by atoms with van der Waals surface area (Å²) in [6.45, 7) is 2.79. The SMILES string of the molecule is CCCC(CCN)CCC(=O)NC1CCS(=O)(=O)C1. The molecule has 1 amide bonds. The van der Waals surface area contributed by atoms with Gasteiger partial charge in [-0.2, -0.15) is 0 Å². The summed E-state index contributed by atoms with van der Waals surface area (Å²) in [4.78, 5) is 11.8. The Balaban J connectivity index is 2.27. The van der Waals surface area contributed by atoms with Crippen molar-refractivity contribution in [2.75, 3.05) is 18.1 Å². The van der Waals surface area contributed by atoms with Gasteiger partial charge in [0, 0.05) is 12.5 Å². The minimum atomic E-state index is -2.92. The van der Waals surface area contributed by atoms with E-state index < -0.39 is 9.84 Å². The maximum atomic E-state index is 11.8. The van der Waals surface area contributed by atoms with Gasteiger partial charge < -0.3 is 11.1 Å². The zero-order valence-electron chi connectivity index (χ0n) is 11.7. The number of nitrogens with two attached hydrogens (primary N) is 1. The van der Waals surface area contributed by atoms with Crippen LogP contribution in [0.3, 0.4) is 0 Å². The molecule has 0 aromatic carbocycles. The topological polar surface area (TPSA) is 89.3 Å². The highest BCUT2D eigenvalue weighted by atomic mass is 32.2. The number of sulfone groups is 1. The van der Waals surface area contributed by atoms with E-state index in [1.807, 2.05) is 0 Å². The Morgan fingerprint density at radius 3 is 2.63 bits per heavy atom. The smallest absolute Gasteiger partial charge is 0.220 e. The first kappa shape index (κ1) is 16.4. The van der Waals surface area contributed by atoms with Gasteiger partial charge >= 0.3 is 0 Å². The van der Waals surface area contributed by atoms with E-state index >= 15 is 0 Å². The van der Waals surface area contributed by atoms with Crippen molar-refractivity contribution in [3.63, 3.8) is 0 Å². The van der Waals surface area contributed by atoms with Crippen LogP contribution in [-0.2, 0) is 14.6 Å². The summed E-state index contributed by atoms with van der Waals surface area (Å²) in [7, 11) is -2.92. The lowest BCUT2D eigenvalue weighted by molar-refractivity contribution is -0.121. The van der Waals surface area contributed by atoms with E-state index in [4.69, 9.17) is 5.73 Å². The molecule has 1 fully saturated rings. The molecule has 0 radical (unpaired) electrons. The molecule has 0 bridgehead atoms. The molecule has 1 rings (SSSR count). The zero-order valence-corrected chi connectivity index (χ0v) is 12.5. The van der Waals surface area contributed by atoms with Gasteiger partial charge in [-0.15, -0.1) is 0 Å². The van der Waals surface area contributed by atoms with Crippen molar-refractivity contribution >= 4 is 15.7 Å². The number of amides is 1. The first-order valence-corrected chi connectivity index (χ1v) is 8.99. The third-order valence-corrected chi connectivity index (χ3v) is 5.42. The normalized spacial score (nSPS) is 23.2. The maximum absolute atomic E-state index is 11.8. The van der Waals surface area contributed by atoms with Crippen molar-refractivity contribution < 1.29 is 13.2 Å². The van der Waals surface area contributed by atoms with Crippen LogP contribution in [0.4, 0.5) is 0 Å². The lowest BCUT2D eigenvalue weighted by atomic mass is 9.94. The van der Waals surface area contributed by atoms with Crippen LogP contribution in [0.2, 0.25) is 0 Å². The van der Waals surface area contributed by atoms with E-state index in [9.17, 15) is 13.2 Å². The lowest BCUT2D eigenvalue weighted by Crippen LogP contribution is -2.35. The first-order valence-electron chi connectivity index (χ1n) is 7.16. The van der Waals surface area contributed by atoms with Gasteiger partial charge in [-0.05, 0) is 31.7 Å². The highest BCUT2D eigenvalue weighted by Crippen LogP contribution is 2.17. The van der Waals surface area contributed by atoms with Crippen LogP contribution >= 0.6 is 0 Å². The van der Waals surface area contributed by atoms with E-state index in [1.165, 1.54) is 0 Å². The third-order valence-electron chi connectivity index (χ3n) is 3.65. The van der Waals surface area contributed by atoms with Gasteiger partial charge in [-0.25, -0.2) is 8.42 Å². The standard InChI is InChI=1S/C13H26N2O3S/c1-2-3-11(6-8-14)4-5-13(16)15-12-7-9-19(17,18)10-12/h11-12H,2-10,14H2,1H3,(H,15,16). The average molecular weight is 290 g/mol. The molecular formula is C13H26N2O3S. The van der Waals surface area contributed by atoms with Crippen LogP contribution in [-0.4, -0.2) is 38.4 Å². The predicted molar refractivity (Wildman–Crippen MR) is 76.5 cm³/mol. The molecule has 0 aliphatic carbocycles. The van der Waals surface area contributed by atoms with Gasteiger partial charge in [-0.3, -0.25) is 4.79 Å². The Labute approximate surface area is 116 Å². The molecule has 0 aromatic heterocycles. The largest absolute Gasteiger partial charge is 0.352 e. The highest BCUT2D eigenvalue weighted by Gasteiger charge is 2.28. The Morgan fingerprint density at radius 1 is 1.37 bits per heavy atom. The van der Waals surface area contributed by atoms with Crippen molar-refractivity contribution in [1.82, 2.24) is 5.32 Å². The van der Waals surface area contributed by atoms with Crippen molar-refractivity contribution in [2.45, 2.75) is 51.5 Å². The molecule has 2 unspecified atom stereocenters. The monoisotopic (exact) mass is 290 g/mol. The summed E-state index contributed by atoms with van der Waals surface area (Å²) in [5.41, 5.74) is 5.56. The van der Waals surface area contributed by atoms with Crippen LogP contribution < -0.4 is 11.1 Å². The van der Waals surface area contributed by atoms with E-state index in [-0.39, 0.29) is 23.5 Å². The van der Waals surface area contributed by atoms with Crippen LogP contribution in [0, 0.1) is 5.92 Å². The van der Waals surface area contributed by atoms with Crippen molar-refractivity contribution in [2.24, 2.45) is 11.7 Å². The van der Waals surface area contributed by atoms with Gasteiger partial charge in [0.2, 0.25) is 5.91 Å². The molecule has 0 saturated carbocycles. The number of carbonyl (C=O) groups excluding carboxylic acids is 1. The van der Waals surface area contributed by atoms with Gasteiger partial charge in [0.05, 0.1) is 11.5 Å². The quantitative estimate of drug-likeness (QED) is 0.693. The second-order valence-electron chi connectivity index (χ2n) is 5.44. The lowest BCUT2D eigenvalue weighted by Gasteiger charge is -2.16. The Kier molecular flexibility index (Phi) is 6.79. The summed E-state index contributed by atoms with van der Waals surface area (Å²) < 4.78 is 22.6. The van der Waals surface area contributed by atoms with Crippen LogP contribution in [0.5, 0.6) is 0 Å². The molecule has 112 valence electrons. The summed E-state index contributed by atoms with van der Waals surface area (Å²) in [6, 6.07) is -0.184. The molecule has 1 heterocycles. The maximum Gasteiger partial charge on any atom is 0.220 e. The van der Waals surface area contributed by atoms with Crippen LogP contribution in [0.15, 0.2) is 0 Å². The summed E-state index contributed by atoms with van der Waals surface area (Å²) in [5, 5.41) is 2.82. The fourth-order valence-corrected chi connectivity index (χ4v) is 4.29. The van der Waals surface area contributed by atoms with Crippen molar-refractivity contribution in [3.8, 4) is 0 Å². The molecule has 6 heteroatoms. The molecule has 19 heavy (non-hydrogen) atoms. The predicted octanol–water partition coefficient (Wildman–Crippen LogP) is 0.835. The third kappa shape index (κ3) is 6.38. The second kappa shape index (κ2) is 7.85. The Bertz CT molecular complexity index is 375. The highest BCUT2D eigenvalue weighted by molar-refractivity contribution is 7.91. The number of rotatable bonds is 8. The van der Waals surface area contributed by atoms with Crippen molar-refractivity contribution in [1.29, 1.82) is 0 Å². The second-order valence-corrected chi connectivity index (χ2v) is 7.67. The fourth-order valence-electron chi connectivity index (χ4n) is 2.62. The molecule has 2 atom stereocenters. The number of hydrogen-bond donors (Lipinski definition) is 2. The van der Waals surface area contributed by atoms with Gasteiger partial charge in [0.25, 0.3) is 0 Å². The minimum absolute atomic E-state index is 0.0276. The summed E-state index contributed by atoms with van der Waals surface area (Å²) >= 11 is 0. The fraction of sp³-hybridized carbons (Fsp3) is 0.923. The Hall–Kier alpha value is -0.620. The van der Waals surface area contributed by atoms with Crippen molar-refractivity contribution in [3.05, 3.63) is 0 Å². The van der Waals surface area contributed by atoms with Gasteiger partial charge in [0.15, 0.2) is 9.84 Å². The average Bonchev–Trinajstić information content (AvgIpc) is 2.66. The van der Waals surface area contributed by atoms with Gasteiger partial charge in [-0.1, -0.05) is 19.8 Å². The molecule has 0 spiro atoms. The molecular weight excluding hydrogens is 264 g/mol. The molecule has 1 aliphatic heterocycles. The summed E-state index contributed by atoms with van der Waals surface area (Å²) in [6.07, 6.45) is 5.03. The van der Waals surface area contributed by atoms with E-state index in [0.29, 0.717) is 25.3 Å². The minimum Gasteiger partial charge on any atom is -0.352 e. The molecule has 1 aliphatic rings. The Morgan fingerprint density at radius 2 is 2.11 bits per heavy atom. The van der Waals surface area contributed by atoms with Crippen LogP contribution in [0.25, 0.3) is 0 Å². The van der Waals surface area contributed by atoms with E-state index in [1.54, 1.807) is 0 Å². The van der Waals surface area contributed by atoms with Crippen LogP contribution in [0.1, 0.15) is 45.4 Å². The molecule has 0 aromatic rings. The van der Waals surface area contributed by atoms with Gasteiger partial charge in [0.1, 0.15) is 0 Å². The number of hydrogen-bond acceptors (Lipinski definition) is 4. The van der Waals surface area contributed by atoms with E-state index in [0.717, 1.165) is 25.7 Å². The molecule has 1 saturated heterocycles. The molecule has 3 N–H and O–H groups in total. The summed E-state index contributed by atoms with van der Waals surface area (Å²) in [5.74, 6) is 0.775.